The van der Waals surface area contributed by atoms with Gasteiger partial charge >= 0.3 is 0 Å². The molecule has 4 rings (SSSR count). The Morgan fingerprint density at radius 3 is 2.64 bits per heavy atom. The van der Waals surface area contributed by atoms with E-state index >= 15 is 0 Å². The maximum Gasteiger partial charge on any atom is 0.251 e. The van der Waals surface area contributed by atoms with E-state index in [0.29, 0.717) is 47.9 Å². The van der Waals surface area contributed by atoms with Crippen molar-refractivity contribution >= 4 is 5.91 Å². The molecule has 0 saturated heterocycles. The standard InChI is InChI=1S/C19H26N2O4/c1-23-15-9-13(10-16-18(15)25-6-5-24-16)19(22)21-17-11-3-2-4-12(17)8-14(20)7-11/h9-12,14,17H,2-8,20H2,1H3,(H,21,22). The van der Waals surface area contributed by atoms with Gasteiger partial charge in [-0.25, -0.2) is 0 Å². The molecule has 0 radical (unpaired) electrons. The molecule has 136 valence electrons. The summed E-state index contributed by atoms with van der Waals surface area (Å²) in [6.07, 6.45) is 5.56. The first kappa shape index (κ1) is 16.5. The third kappa shape index (κ3) is 3.15. The first-order chi connectivity index (χ1) is 12.2. The van der Waals surface area contributed by atoms with Crippen LogP contribution in [0.15, 0.2) is 12.1 Å². The minimum Gasteiger partial charge on any atom is -0.493 e. The lowest BCUT2D eigenvalue weighted by atomic mass is 9.67. The highest BCUT2D eigenvalue weighted by Gasteiger charge is 2.40. The van der Waals surface area contributed by atoms with E-state index in [1.54, 1.807) is 19.2 Å². The van der Waals surface area contributed by atoms with Crippen molar-refractivity contribution in [1.82, 2.24) is 5.32 Å². The lowest BCUT2D eigenvalue weighted by molar-refractivity contribution is 0.0754. The van der Waals surface area contributed by atoms with Gasteiger partial charge in [-0.05, 0) is 49.7 Å². The fourth-order valence-electron chi connectivity index (χ4n) is 4.66. The Kier molecular flexibility index (Phi) is 4.46. The summed E-state index contributed by atoms with van der Waals surface area (Å²) in [7, 11) is 1.57. The molecular formula is C19H26N2O4. The molecule has 1 aromatic carbocycles. The highest BCUT2D eigenvalue weighted by atomic mass is 16.6. The number of hydrogen-bond donors (Lipinski definition) is 2. The van der Waals surface area contributed by atoms with Crippen LogP contribution in [0, 0.1) is 11.8 Å². The van der Waals surface area contributed by atoms with Crippen LogP contribution in [0.5, 0.6) is 17.2 Å². The predicted molar refractivity (Wildman–Crippen MR) is 93.3 cm³/mol. The molecule has 1 amide bonds. The Balaban J connectivity index is 1.55. The van der Waals surface area contributed by atoms with Gasteiger partial charge in [-0.2, -0.15) is 0 Å². The van der Waals surface area contributed by atoms with Crippen molar-refractivity contribution in [3.63, 3.8) is 0 Å². The summed E-state index contributed by atoms with van der Waals surface area (Å²) in [5.74, 6) is 2.59. The molecule has 1 aromatic rings. The average molecular weight is 346 g/mol. The van der Waals surface area contributed by atoms with Crippen LogP contribution in [0.3, 0.4) is 0 Å². The van der Waals surface area contributed by atoms with Gasteiger partial charge in [0.05, 0.1) is 7.11 Å². The zero-order chi connectivity index (χ0) is 17.4. The van der Waals surface area contributed by atoms with E-state index in [1.165, 1.54) is 6.42 Å². The summed E-state index contributed by atoms with van der Waals surface area (Å²) in [6, 6.07) is 3.97. The van der Waals surface area contributed by atoms with E-state index in [0.717, 1.165) is 25.7 Å². The Labute approximate surface area is 148 Å². The van der Waals surface area contributed by atoms with Crippen LogP contribution in [0.2, 0.25) is 0 Å². The number of carbonyl (C=O) groups excluding carboxylic acids is 1. The van der Waals surface area contributed by atoms with Crippen molar-refractivity contribution in [2.45, 2.75) is 44.2 Å². The molecule has 3 aliphatic rings. The number of fused-ring (bicyclic) bond motifs is 3. The predicted octanol–water partition coefficient (Wildman–Crippen LogP) is 2.10. The first-order valence-electron chi connectivity index (χ1n) is 9.19. The van der Waals surface area contributed by atoms with E-state index < -0.39 is 0 Å². The van der Waals surface area contributed by atoms with Crippen molar-refractivity contribution in [1.29, 1.82) is 0 Å². The first-order valence-corrected chi connectivity index (χ1v) is 9.19. The van der Waals surface area contributed by atoms with Crippen molar-refractivity contribution in [2.75, 3.05) is 20.3 Å². The van der Waals surface area contributed by atoms with Crippen LogP contribution >= 0.6 is 0 Å². The summed E-state index contributed by atoms with van der Waals surface area (Å²) in [5, 5.41) is 3.27. The molecule has 3 N–H and O–H groups in total. The van der Waals surface area contributed by atoms with E-state index in [9.17, 15) is 4.79 Å². The Morgan fingerprint density at radius 1 is 1.20 bits per heavy atom. The third-order valence-corrected chi connectivity index (χ3v) is 5.76. The zero-order valence-electron chi connectivity index (χ0n) is 14.6. The van der Waals surface area contributed by atoms with Gasteiger partial charge in [-0.3, -0.25) is 4.79 Å². The van der Waals surface area contributed by atoms with Gasteiger partial charge in [0.15, 0.2) is 11.5 Å². The Hall–Kier alpha value is -1.95. The topological polar surface area (TPSA) is 82.8 Å². The monoisotopic (exact) mass is 346 g/mol. The Morgan fingerprint density at radius 2 is 1.92 bits per heavy atom. The highest BCUT2D eigenvalue weighted by Crippen LogP contribution is 2.42. The van der Waals surface area contributed by atoms with Gasteiger partial charge in [0.1, 0.15) is 13.2 Å². The van der Waals surface area contributed by atoms with Crippen LogP contribution in [0.4, 0.5) is 0 Å². The molecule has 2 atom stereocenters. The number of nitrogens with one attached hydrogen (secondary N) is 1. The molecule has 25 heavy (non-hydrogen) atoms. The van der Waals surface area contributed by atoms with Crippen LogP contribution in [0.25, 0.3) is 0 Å². The lowest BCUT2D eigenvalue weighted by Crippen LogP contribution is -2.53. The van der Waals surface area contributed by atoms with Crippen LogP contribution < -0.4 is 25.3 Å². The fourth-order valence-corrected chi connectivity index (χ4v) is 4.66. The second-order valence-corrected chi connectivity index (χ2v) is 7.38. The fraction of sp³-hybridized carbons (Fsp3) is 0.632. The molecule has 1 aliphatic heterocycles. The number of rotatable bonds is 3. The maximum absolute atomic E-state index is 12.9. The lowest BCUT2D eigenvalue weighted by Gasteiger charge is -2.45. The molecule has 6 heteroatoms. The van der Waals surface area contributed by atoms with Gasteiger partial charge < -0.3 is 25.3 Å². The van der Waals surface area contributed by atoms with Gasteiger partial charge in [-0.15, -0.1) is 0 Å². The second kappa shape index (κ2) is 6.75. The summed E-state index contributed by atoms with van der Waals surface area (Å²) in [5.41, 5.74) is 6.73. The van der Waals surface area contributed by atoms with Crippen molar-refractivity contribution in [3.8, 4) is 17.2 Å². The molecule has 2 saturated carbocycles. The second-order valence-electron chi connectivity index (χ2n) is 7.38. The Bertz CT molecular complexity index is 632. The molecule has 6 nitrogen and oxygen atoms in total. The summed E-state index contributed by atoms with van der Waals surface area (Å²) in [6.45, 7) is 0.965. The van der Waals surface area contributed by atoms with Crippen molar-refractivity contribution in [3.05, 3.63) is 17.7 Å². The molecule has 2 unspecified atom stereocenters. The third-order valence-electron chi connectivity index (χ3n) is 5.76. The van der Waals surface area contributed by atoms with Crippen molar-refractivity contribution < 1.29 is 19.0 Å². The maximum atomic E-state index is 12.9. The number of methoxy groups -OCH3 is 1. The summed E-state index contributed by atoms with van der Waals surface area (Å²) >= 11 is 0. The molecular weight excluding hydrogens is 320 g/mol. The molecule has 0 spiro atoms. The zero-order valence-corrected chi connectivity index (χ0v) is 14.6. The number of hydrogen-bond acceptors (Lipinski definition) is 5. The van der Waals surface area contributed by atoms with E-state index in [4.69, 9.17) is 19.9 Å². The SMILES string of the molecule is COc1cc(C(=O)NC2C3CCCC2CC(N)C3)cc2c1OCCO2. The van der Waals surface area contributed by atoms with Crippen LogP contribution in [-0.4, -0.2) is 38.3 Å². The number of ether oxygens (including phenoxy) is 3. The summed E-state index contributed by atoms with van der Waals surface area (Å²) in [4.78, 5) is 12.9. The minimum atomic E-state index is -0.0763. The highest BCUT2D eigenvalue weighted by molar-refractivity contribution is 5.96. The van der Waals surface area contributed by atoms with Gasteiger partial charge in [0.2, 0.25) is 5.75 Å². The molecule has 2 fully saturated rings. The minimum absolute atomic E-state index is 0.0763. The van der Waals surface area contributed by atoms with Crippen LogP contribution in [0.1, 0.15) is 42.5 Å². The average Bonchev–Trinajstić information content (AvgIpc) is 2.61. The van der Waals surface area contributed by atoms with Gasteiger partial charge in [0.25, 0.3) is 5.91 Å². The smallest absolute Gasteiger partial charge is 0.251 e. The van der Waals surface area contributed by atoms with E-state index in [-0.39, 0.29) is 18.0 Å². The normalized spacial score (nSPS) is 30.5. The van der Waals surface area contributed by atoms with E-state index in [1.807, 2.05) is 0 Å². The van der Waals surface area contributed by atoms with Crippen LogP contribution in [-0.2, 0) is 0 Å². The van der Waals surface area contributed by atoms with E-state index in [2.05, 4.69) is 5.32 Å². The number of benzene rings is 1. The summed E-state index contributed by atoms with van der Waals surface area (Å²) < 4.78 is 16.6. The van der Waals surface area contributed by atoms with Gasteiger partial charge in [-0.1, -0.05) is 6.42 Å². The largest absolute Gasteiger partial charge is 0.493 e. The van der Waals surface area contributed by atoms with Crippen molar-refractivity contribution in [2.24, 2.45) is 17.6 Å². The number of nitrogens with two attached hydrogens (primary N) is 1. The molecule has 2 bridgehead atoms. The number of carbonyl (C=O) groups is 1. The molecule has 1 heterocycles. The quantitative estimate of drug-likeness (QED) is 0.876. The van der Waals surface area contributed by atoms with Gasteiger partial charge in [0, 0.05) is 17.6 Å². The molecule has 0 aromatic heterocycles. The number of amides is 1. The molecule has 2 aliphatic carbocycles.